The summed E-state index contributed by atoms with van der Waals surface area (Å²) in [5.74, 6) is 0.100. The van der Waals surface area contributed by atoms with E-state index in [1.807, 2.05) is 27.8 Å². The highest BCUT2D eigenvalue weighted by Crippen LogP contribution is 2.45. The summed E-state index contributed by atoms with van der Waals surface area (Å²) in [5, 5.41) is 15.4. The lowest BCUT2D eigenvalue weighted by molar-refractivity contribution is -0.0430. The van der Waals surface area contributed by atoms with Crippen LogP contribution in [-0.4, -0.2) is 46.2 Å². The standard InChI is InChI=1S/C16H18N2O3S2/c19-13(12-2-1-8-22-12)18-6-3-15(4-7-18)10-16(20,11-21-15)14-17-5-9-23-14/h1-2,5,8-9,20H,3-4,6-7,10-11H2/t16-/m0/s1. The summed E-state index contributed by atoms with van der Waals surface area (Å²) in [5.41, 5.74) is -1.30. The quantitative estimate of drug-likeness (QED) is 0.904. The first-order valence-electron chi connectivity index (χ1n) is 7.69. The van der Waals surface area contributed by atoms with Gasteiger partial charge in [-0.05, 0) is 24.3 Å². The van der Waals surface area contributed by atoms with Crippen molar-refractivity contribution in [2.75, 3.05) is 19.7 Å². The summed E-state index contributed by atoms with van der Waals surface area (Å²) in [4.78, 5) is 19.3. The Morgan fingerprint density at radius 3 is 2.78 bits per heavy atom. The molecule has 1 N–H and O–H groups in total. The van der Waals surface area contributed by atoms with Crippen molar-refractivity contribution in [1.82, 2.24) is 9.88 Å². The van der Waals surface area contributed by atoms with E-state index in [2.05, 4.69) is 4.98 Å². The van der Waals surface area contributed by atoms with Crippen LogP contribution in [0.15, 0.2) is 29.1 Å². The molecule has 4 heterocycles. The van der Waals surface area contributed by atoms with Crippen molar-refractivity contribution < 1.29 is 14.6 Å². The summed E-state index contributed by atoms with van der Waals surface area (Å²) < 4.78 is 6.02. The third-order valence-corrected chi connectivity index (χ3v) is 6.58. The Morgan fingerprint density at radius 2 is 2.13 bits per heavy atom. The van der Waals surface area contributed by atoms with E-state index in [0.29, 0.717) is 26.1 Å². The van der Waals surface area contributed by atoms with Gasteiger partial charge in [-0.15, -0.1) is 22.7 Å². The molecule has 1 spiro atoms. The van der Waals surface area contributed by atoms with Crippen molar-refractivity contribution in [2.45, 2.75) is 30.5 Å². The van der Waals surface area contributed by atoms with Crippen LogP contribution in [0.2, 0.25) is 0 Å². The summed E-state index contributed by atoms with van der Waals surface area (Å²) in [7, 11) is 0. The number of hydrogen-bond acceptors (Lipinski definition) is 6. The van der Waals surface area contributed by atoms with Gasteiger partial charge in [-0.3, -0.25) is 4.79 Å². The van der Waals surface area contributed by atoms with Gasteiger partial charge in [0.25, 0.3) is 5.91 Å². The molecular weight excluding hydrogens is 332 g/mol. The van der Waals surface area contributed by atoms with Gasteiger partial charge >= 0.3 is 0 Å². The van der Waals surface area contributed by atoms with E-state index in [-0.39, 0.29) is 11.5 Å². The molecule has 2 fully saturated rings. The van der Waals surface area contributed by atoms with E-state index in [0.717, 1.165) is 22.7 Å². The average molecular weight is 350 g/mol. The van der Waals surface area contributed by atoms with Gasteiger partial charge in [-0.1, -0.05) is 6.07 Å². The van der Waals surface area contributed by atoms with Gasteiger partial charge in [-0.25, -0.2) is 4.98 Å². The minimum Gasteiger partial charge on any atom is -0.380 e. The fourth-order valence-electron chi connectivity index (χ4n) is 3.49. The van der Waals surface area contributed by atoms with Crippen LogP contribution in [0.4, 0.5) is 0 Å². The first-order chi connectivity index (χ1) is 11.1. The molecule has 4 rings (SSSR count). The maximum absolute atomic E-state index is 12.4. The second-order valence-corrected chi connectivity index (χ2v) is 8.13. The molecule has 7 heteroatoms. The zero-order valence-corrected chi connectivity index (χ0v) is 14.2. The Balaban J connectivity index is 1.43. The summed E-state index contributed by atoms with van der Waals surface area (Å²) >= 11 is 2.94. The monoisotopic (exact) mass is 350 g/mol. The molecule has 23 heavy (non-hydrogen) atoms. The average Bonchev–Trinajstić information content (AvgIpc) is 3.30. The van der Waals surface area contributed by atoms with Crippen LogP contribution in [0.25, 0.3) is 0 Å². The number of thiazole rings is 1. The van der Waals surface area contributed by atoms with Crippen molar-refractivity contribution >= 4 is 28.6 Å². The van der Waals surface area contributed by atoms with E-state index in [9.17, 15) is 9.90 Å². The topological polar surface area (TPSA) is 62.7 Å². The number of piperidine rings is 1. The van der Waals surface area contributed by atoms with Gasteiger partial charge in [0, 0.05) is 31.1 Å². The van der Waals surface area contributed by atoms with Crippen molar-refractivity contribution in [1.29, 1.82) is 0 Å². The van der Waals surface area contributed by atoms with E-state index in [1.165, 1.54) is 22.7 Å². The number of hydrogen-bond donors (Lipinski definition) is 1. The number of ether oxygens (including phenoxy) is 1. The number of rotatable bonds is 2. The molecule has 122 valence electrons. The number of thiophene rings is 1. The molecule has 0 unspecified atom stereocenters. The molecule has 2 saturated heterocycles. The number of aromatic nitrogens is 1. The molecule has 2 aromatic heterocycles. The fourth-order valence-corrected chi connectivity index (χ4v) is 4.91. The van der Waals surface area contributed by atoms with Crippen molar-refractivity contribution in [3.63, 3.8) is 0 Å². The van der Waals surface area contributed by atoms with E-state index >= 15 is 0 Å². The Labute approximate surface area is 142 Å². The zero-order valence-electron chi connectivity index (χ0n) is 12.6. The largest absolute Gasteiger partial charge is 0.380 e. The molecule has 0 radical (unpaired) electrons. The predicted octanol–water partition coefficient (Wildman–Crippen LogP) is 2.49. The third kappa shape index (κ3) is 2.71. The van der Waals surface area contributed by atoms with Gasteiger partial charge in [0.05, 0.1) is 17.1 Å². The Kier molecular flexibility index (Phi) is 3.76. The minimum absolute atomic E-state index is 0.100. The van der Waals surface area contributed by atoms with E-state index in [1.54, 1.807) is 6.20 Å². The van der Waals surface area contributed by atoms with Gasteiger partial charge in [-0.2, -0.15) is 0 Å². The molecule has 2 aromatic rings. The normalized spacial score (nSPS) is 26.7. The molecule has 1 atom stereocenters. The molecule has 5 nitrogen and oxygen atoms in total. The number of likely N-dealkylation sites (tertiary alicyclic amines) is 1. The maximum atomic E-state index is 12.4. The summed E-state index contributed by atoms with van der Waals surface area (Å²) in [6, 6.07) is 3.77. The number of nitrogens with zero attached hydrogens (tertiary/aromatic N) is 2. The van der Waals surface area contributed by atoms with Gasteiger partial charge in [0.1, 0.15) is 10.6 Å². The van der Waals surface area contributed by atoms with Crippen molar-refractivity contribution in [3.8, 4) is 0 Å². The molecule has 0 aromatic carbocycles. The molecule has 1 amide bonds. The van der Waals surface area contributed by atoms with E-state index in [4.69, 9.17) is 4.74 Å². The van der Waals surface area contributed by atoms with Gasteiger partial charge in [0.2, 0.25) is 0 Å². The van der Waals surface area contributed by atoms with Crippen LogP contribution < -0.4 is 0 Å². The number of carbonyl (C=O) groups is 1. The molecule has 0 aliphatic carbocycles. The molecule has 2 aliphatic heterocycles. The van der Waals surface area contributed by atoms with Gasteiger partial charge < -0.3 is 14.7 Å². The van der Waals surface area contributed by atoms with Crippen LogP contribution in [-0.2, 0) is 10.3 Å². The van der Waals surface area contributed by atoms with Crippen molar-refractivity contribution in [2.24, 2.45) is 0 Å². The highest BCUT2D eigenvalue weighted by Gasteiger charge is 2.52. The minimum atomic E-state index is -0.978. The van der Waals surface area contributed by atoms with E-state index < -0.39 is 5.60 Å². The van der Waals surface area contributed by atoms with Crippen LogP contribution in [0.5, 0.6) is 0 Å². The SMILES string of the molecule is O=C(c1cccs1)N1CCC2(CC1)C[C@@](O)(c1nccs1)CO2. The van der Waals surface area contributed by atoms with Crippen LogP contribution >= 0.6 is 22.7 Å². The smallest absolute Gasteiger partial charge is 0.263 e. The lowest BCUT2D eigenvalue weighted by Gasteiger charge is -2.38. The number of amides is 1. The first kappa shape index (κ1) is 15.3. The number of carbonyl (C=O) groups excluding carboxylic acids is 1. The number of aliphatic hydroxyl groups is 1. The summed E-state index contributed by atoms with van der Waals surface area (Å²) in [6.45, 7) is 1.63. The molecule has 2 aliphatic rings. The van der Waals surface area contributed by atoms with Gasteiger partial charge in [0.15, 0.2) is 0 Å². The fraction of sp³-hybridized carbons (Fsp3) is 0.500. The highest BCUT2D eigenvalue weighted by atomic mass is 32.1. The first-order valence-corrected chi connectivity index (χ1v) is 9.45. The Hall–Kier alpha value is -1.28. The Morgan fingerprint density at radius 1 is 1.30 bits per heavy atom. The second-order valence-electron chi connectivity index (χ2n) is 6.29. The molecule has 0 saturated carbocycles. The van der Waals surface area contributed by atoms with Crippen LogP contribution in [0.1, 0.15) is 33.9 Å². The van der Waals surface area contributed by atoms with Crippen LogP contribution in [0.3, 0.4) is 0 Å². The maximum Gasteiger partial charge on any atom is 0.263 e. The zero-order chi connectivity index (χ0) is 15.9. The molecular formula is C16H18N2O3S2. The highest BCUT2D eigenvalue weighted by molar-refractivity contribution is 7.12. The van der Waals surface area contributed by atoms with Crippen molar-refractivity contribution in [3.05, 3.63) is 39.0 Å². The Bertz CT molecular complexity index is 678. The summed E-state index contributed by atoms with van der Waals surface area (Å²) in [6.07, 6.45) is 3.80. The molecule has 0 bridgehead atoms. The van der Waals surface area contributed by atoms with Crippen LogP contribution in [0, 0.1) is 0 Å². The predicted molar refractivity (Wildman–Crippen MR) is 88.8 cm³/mol. The lowest BCUT2D eigenvalue weighted by atomic mass is 9.83. The third-order valence-electron chi connectivity index (χ3n) is 4.76. The lowest BCUT2D eigenvalue weighted by Crippen LogP contribution is -2.46. The second kappa shape index (κ2) is 5.66.